The van der Waals surface area contributed by atoms with Crippen LogP contribution in [-0.4, -0.2) is 50.8 Å². The first kappa shape index (κ1) is 9.96. The van der Waals surface area contributed by atoms with Gasteiger partial charge in [-0.1, -0.05) is 6.92 Å². The Morgan fingerprint density at radius 3 is 2.75 bits per heavy atom. The number of morpholine rings is 1. The van der Waals surface area contributed by atoms with Gasteiger partial charge in [0.15, 0.2) is 0 Å². The highest BCUT2D eigenvalue weighted by Crippen LogP contribution is 2.07. The van der Waals surface area contributed by atoms with Gasteiger partial charge in [-0.05, 0) is 20.5 Å². The van der Waals surface area contributed by atoms with Gasteiger partial charge < -0.3 is 15.0 Å². The van der Waals surface area contributed by atoms with Crippen LogP contribution in [0.15, 0.2) is 0 Å². The number of likely N-dealkylation sites (N-methyl/N-ethyl adjacent to an activating group) is 1. The minimum absolute atomic E-state index is 0.513. The van der Waals surface area contributed by atoms with Crippen molar-refractivity contribution < 1.29 is 4.74 Å². The van der Waals surface area contributed by atoms with E-state index in [9.17, 15) is 0 Å². The van der Waals surface area contributed by atoms with E-state index in [2.05, 4.69) is 31.2 Å². The van der Waals surface area contributed by atoms with Crippen molar-refractivity contribution in [1.82, 2.24) is 10.2 Å². The lowest BCUT2D eigenvalue weighted by Crippen LogP contribution is -2.53. The second-order valence-corrected chi connectivity index (χ2v) is 3.57. The van der Waals surface area contributed by atoms with Crippen molar-refractivity contribution in [3.05, 3.63) is 0 Å². The maximum atomic E-state index is 5.43. The fourth-order valence-electron chi connectivity index (χ4n) is 1.84. The van der Waals surface area contributed by atoms with Crippen molar-refractivity contribution in [2.24, 2.45) is 0 Å². The van der Waals surface area contributed by atoms with Gasteiger partial charge in [-0.2, -0.15) is 0 Å². The third-order valence-corrected chi connectivity index (χ3v) is 2.50. The summed E-state index contributed by atoms with van der Waals surface area (Å²) in [7, 11) is 4.26. The Hall–Kier alpha value is -0.120. The molecule has 0 radical (unpaired) electrons. The summed E-state index contributed by atoms with van der Waals surface area (Å²) in [4.78, 5) is 2.27. The molecule has 3 heteroatoms. The molecule has 1 rings (SSSR count). The molecule has 12 heavy (non-hydrogen) atoms. The maximum Gasteiger partial charge on any atom is 0.0635 e. The van der Waals surface area contributed by atoms with E-state index < -0.39 is 0 Å². The minimum Gasteiger partial charge on any atom is -0.378 e. The molecule has 1 fully saturated rings. The highest BCUT2D eigenvalue weighted by atomic mass is 16.5. The molecule has 2 unspecified atom stereocenters. The van der Waals surface area contributed by atoms with Crippen molar-refractivity contribution in [1.29, 1.82) is 0 Å². The van der Waals surface area contributed by atoms with Crippen LogP contribution in [0.1, 0.15) is 13.3 Å². The smallest absolute Gasteiger partial charge is 0.0635 e. The number of hydrogen-bond donors (Lipinski definition) is 1. The van der Waals surface area contributed by atoms with Crippen LogP contribution in [0, 0.1) is 0 Å². The normalized spacial score (nSPS) is 27.5. The predicted octanol–water partition coefficient (Wildman–Crippen LogP) is 0.315. The van der Waals surface area contributed by atoms with Gasteiger partial charge >= 0.3 is 0 Å². The zero-order valence-corrected chi connectivity index (χ0v) is 8.34. The molecule has 0 bridgehead atoms. The van der Waals surface area contributed by atoms with Gasteiger partial charge in [0.25, 0.3) is 0 Å². The summed E-state index contributed by atoms with van der Waals surface area (Å²) in [6.07, 6.45) is 1.17. The van der Waals surface area contributed by atoms with Crippen LogP contribution in [0.2, 0.25) is 0 Å². The highest BCUT2D eigenvalue weighted by Gasteiger charge is 2.23. The van der Waals surface area contributed by atoms with Crippen LogP contribution in [0.5, 0.6) is 0 Å². The molecule has 2 atom stereocenters. The lowest BCUT2D eigenvalue weighted by molar-refractivity contribution is 0.0454. The molecule has 0 saturated carbocycles. The summed E-state index contributed by atoms with van der Waals surface area (Å²) in [5.41, 5.74) is 0. The number of nitrogens with one attached hydrogen (secondary N) is 1. The van der Waals surface area contributed by atoms with Crippen LogP contribution in [0.4, 0.5) is 0 Å². The van der Waals surface area contributed by atoms with E-state index >= 15 is 0 Å². The van der Waals surface area contributed by atoms with Crippen LogP contribution >= 0.6 is 0 Å². The average Bonchev–Trinajstić information content (AvgIpc) is 2.07. The van der Waals surface area contributed by atoms with E-state index in [0.29, 0.717) is 12.1 Å². The number of hydrogen-bond acceptors (Lipinski definition) is 3. The topological polar surface area (TPSA) is 24.5 Å². The molecule has 0 aromatic carbocycles. The molecule has 1 saturated heterocycles. The molecule has 1 N–H and O–H groups in total. The van der Waals surface area contributed by atoms with Crippen molar-refractivity contribution >= 4 is 0 Å². The second kappa shape index (κ2) is 4.80. The first-order valence-electron chi connectivity index (χ1n) is 4.73. The summed E-state index contributed by atoms with van der Waals surface area (Å²) in [6.45, 7) is 4.94. The quantitative estimate of drug-likeness (QED) is 0.663. The molecule has 72 valence electrons. The largest absolute Gasteiger partial charge is 0.378 e. The Kier molecular flexibility index (Phi) is 3.98. The number of ether oxygens (including phenoxy) is 1. The van der Waals surface area contributed by atoms with Gasteiger partial charge in [0.2, 0.25) is 0 Å². The summed E-state index contributed by atoms with van der Waals surface area (Å²) in [5, 5.41) is 3.48. The maximum absolute atomic E-state index is 5.43. The monoisotopic (exact) mass is 172 g/mol. The van der Waals surface area contributed by atoms with E-state index in [1.165, 1.54) is 6.42 Å². The molecule has 0 aromatic rings. The van der Waals surface area contributed by atoms with Crippen molar-refractivity contribution in [2.45, 2.75) is 25.4 Å². The molecule has 0 aromatic heterocycles. The summed E-state index contributed by atoms with van der Waals surface area (Å²) in [5.74, 6) is 0. The van der Waals surface area contributed by atoms with Gasteiger partial charge in [-0.25, -0.2) is 0 Å². The SMILES string of the molecule is CCC(C1COCCN1)N(C)C. The van der Waals surface area contributed by atoms with E-state index in [0.717, 1.165) is 19.8 Å². The van der Waals surface area contributed by atoms with Crippen LogP contribution in [0.25, 0.3) is 0 Å². The van der Waals surface area contributed by atoms with Crippen LogP contribution < -0.4 is 5.32 Å². The molecular weight excluding hydrogens is 152 g/mol. The zero-order valence-electron chi connectivity index (χ0n) is 8.34. The van der Waals surface area contributed by atoms with E-state index in [-0.39, 0.29) is 0 Å². The molecule has 0 aliphatic carbocycles. The standard InChI is InChI=1S/C9H20N2O/c1-4-9(11(2)3)8-7-12-6-5-10-8/h8-10H,4-7H2,1-3H3. The van der Waals surface area contributed by atoms with Crippen LogP contribution in [0.3, 0.4) is 0 Å². The van der Waals surface area contributed by atoms with Crippen LogP contribution in [-0.2, 0) is 4.74 Å². The average molecular weight is 172 g/mol. The Morgan fingerprint density at radius 1 is 1.58 bits per heavy atom. The van der Waals surface area contributed by atoms with Crippen molar-refractivity contribution in [3.8, 4) is 0 Å². The molecule has 0 spiro atoms. The Balaban J connectivity index is 2.40. The Labute approximate surface area is 75.1 Å². The van der Waals surface area contributed by atoms with Gasteiger partial charge in [-0.3, -0.25) is 0 Å². The van der Waals surface area contributed by atoms with Gasteiger partial charge in [0.1, 0.15) is 0 Å². The first-order chi connectivity index (χ1) is 5.75. The predicted molar refractivity (Wildman–Crippen MR) is 50.4 cm³/mol. The second-order valence-electron chi connectivity index (χ2n) is 3.57. The molecule has 1 aliphatic rings. The highest BCUT2D eigenvalue weighted by molar-refractivity contribution is 4.82. The fraction of sp³-hybridized carbons (Fsp3) is 1.00. The molecule has 3 nitrogen and oxygen atoms in total. The number of nitrogens with zero attached hydrogens (tertiary/aromatic N) is 1. The minimum atomic E-state index is 0.513. The third-order valence-electron chi connectivity index (χ3n) is 2.50. The molecule has 0 amide bonds. The fourth-order valence-corrected chi connectivity index (χ4v) is 1.84. The molecule has 1 aliphatic heterocycles. The first-order valence-corrected chi connectivity index (χ1v) is 4.73. The van der Waals surface area contributed by atoms with E-state index in [4.69, 9.17) is 4.74 Å². The lowest BCUT2D eigenvalue weighted by Gasteiger charge is -2.34. The number of rotatable bonds is 3. The Morgan fingerprint density at radius 2 is 2.33 bits per heavy atom. The van der Waals surface area contributed by atoms with Crippen molar-refractivity contribution in [2.75, 3.05) is 33.9 Å². The summed E-state index contributed by atoms with van der Waals surface area (Å²) >= 11 is 0. The van der Waals surface area contributed by atoms with E-state index in [1.54, 1.807) is 0 Å². The zero-order chi connectivity index (χ0) is 8.97. The van der Waals surface area contributed by atoms with Crippen molar-refractivity contribution in [3.63, 3.8) is 0 Å². The van der Waals surface area contributed by atoms with Gasteiger partial charge in [0.05, 0.1) is 13.2 Å². The lowest BCUT2D eigenvalue weighted by atomic mass is 10.0. The van der Waals surface area contributed by atoms with Gasteiger partial charge in [0, 0.05) is 18.6 Å². The molecule has 1 heterocycles. The van der Waals surface area contributed by atoms with Gasteiger partial charge in [-0.15, -0.1) is 0 Å². The summed E-state index contributed by atoms with van der Waals surface area (Å²) in [6, 6.07) is 1.11. The van der Waals surface area contributed by atoms with E-state index in [1.807, 2.05) is 0 Å². The third kappa shape index (κ3) is 2.44. The Bertz CT molecular complexity index is 122. The summed E-state index contributed by atoms with van der Waals surface area (Å²) < 4.78 is 5.43. The molecular formula is C9H20N2O.